The van der Waals surface area contributed by atoms with Crippen LogP contribution in [-0.2, 0) is 0 Å². The normalized spacial score (nSPS) is 21.8. The molecule has 0 radical (unpaired) electrons. The number of hydrogen-bond acceptors (Lipinski definition) is 1. The van der Waals surface area contributed by atoms with E-state index in [9.17, 15) is 0 Å². The van der Waals surface area contributed by atoms with E-state index in [1.165, 1.54) is 19.3 Å². The summed E-state index contributed by atoms with van der Waals surface area (Å²) >= 11 is 0. The van der Waals surface area contributed by atoms with Crippen molar-refractivity contribution in [3.63, 3.8) is 0 Å². The third-order valence-corrected chi connectivity index (χ3v) is 2.94. The van der Waals surface area contributed by atoms with Crippen molar-refractivity contribution < 1.29 is 0 Å². The van der Waals surface area contributed by atoms with Crippen LogP contribution < -0.4 is 5.32 Å². The van der Waals surface area contributed by atoms with Crippen molar-refractivity contribution >= 4 is 0 Å². The Morgan fingerprint density at radius 3 is 2.36 bits per heavy atom. The average molecular weight is 155 g/mol. The number of rotatable bonds is 4. The standard InChI is InChI=1S/C10H21N/c1-8(9-5-6-9)7-10(2,3)11-4/h8-9,11H,5-7H2,1-4H3. The van der Waals surface area contributed by atoms with Gasteiger partial charge in [0.2, 0.25) is 0 Å². The van der Waals surface area contributed by atoms with E-state index in [0.717, 1.165) is 11.8 Å². The molecule has 0 aromatic carbocycles. The van der Waals surface area contributed by atoms with E-state index in [2.05, 4.69) is 33.1 Å². The fraction of sp³-hybridized carbons (Fsp3) is 1.00. The van der Waals surface area contributed by atoms with Crippen molar-refractivity contribution in [3.8, 4) is 0 Å². The van der Waals surface area contributed by atoms with E-state index in [1.807, 2.05) is 0 Å². The van der Waals surface area contributed by atoms with Gasteiger partial charge in [-0.3, -0.25) is 0 Å². The summed E-state index contributed by atoms with van der Waals surface area (Å²) in [5.74, 6) is 1.96. The number of nitrogens with one attached hydrogen (secondary N) is 1. The van der Waals surface area contributed by atoms with Crippen LogP contribution in [0.5, 0.6) is 0 Å². The average Bonchev–Trinajstić information content (AvgIpc) is 2.67. The summed E-state index contributed by atoms with van der Waals surface area (Å²) in [4.78, 5) is 0. The van der Waals surface area contributed by atoms with Gasteiger partial charge in [0.05, 0.1) is 0 Å². The first-order chi connectivity index (χ1) is 5.05. The van der Waals surface area contributed by atoms with Crippen molar-refractivity contribution in [1.29, 1.82) is 0 Å². The lowest BCUT2D eigenvalue weighted by Crippen LogP contribution is -2.38. The summed E-state index contributed by atoms with van der Waals surface area (Å²) in [6.07, 6.45) is 4.26. The third kappa shape index (κ3) is 2.82. The van der Waals surface area contributed by atoms with Crippen LogP contribution >= 0.6 is 0 Å². The first-order valence-electron chi connectivity index (χ1n) is 4.74. The molecule has 0 bridgehead atoms. The Morgan fingerprint density at radius 1 is 1.45 bits per heavy atom. The van der Waals surface area contributed by atoms with Gasteiger partial charge in [0.15, 0.2) is 0 Å². The van der Waals surface area contributed by atoms with Gasteiger partial charge in [0, 0.05) is 5.54 Å². The minimum atomic E-state index is 0.335. The van der Waals surface area contributed by atoms with Gasteiger partial charge < -0.3 is 5.32 Å². The van der Waals surface area contributed by atoms with E-state index in [4.69, 9.17) is 0 Å². The molecule has 1 aliphatic carbocycles. The molecule has 1 unspecified atom stereocenters. The van der Waals surface area contributed by atoms with Gasteiger partial charge in [0.25, 0.3) is 0 Å². The molecule has 1 rings (SSSR count). The molecule has 0 saturated heterocycles. The Bertz CT molecular complexity index is 125. The minimum Gasteiger partial charge on any atom is -0.315 e. The van der Waals surface area contributed by atoms with Gasteiger partial charge in [-0.25, -0.2) is 0 Å². The lowest BCUT2D eigenvalue weighted by atomic mass is 9.89. The molecule has 1 heteroatoms. The Morgan fingerprint density at radius 2 is 2.00 bits per heavy atom. The summed E-state index contributed by atoms with van der Waals surface area (Å²) in [5, 5.41) is 3.35. The predicted molar refractivity (Wildman–Crippen MR) is 49.6 cm³/mol. The van der Waals surface area contributed by atoms with E-state index in [0.29, 0.717) is 5.54 Å². The van der Waals surface area contributed by atoms with Crippen LogP contribution in [0.2, 0.25) is 0 Å². The first-order valence-corrected chi connectivity index (χ1v) is 4.74. The van der Waals surface area contributed by atoms with E-state index in [-0.39, 0.29) is 0 Å². The van der Waals surface area contributed by atoms with E-state index >= 15 is 0 Å². The predicted octanol–water partition coefficient (Wildman–Crippen LogP) is 2.42. The molecule has 1 saturated carbocycles. The lowest BCUT2D eigenvalue weighted by molar-refractivity contribution is 0.307. The van der Waals surface area contributed by atoms with Crippen LogP contribution in [0, 0.1) is 11.8 Å². The van der Waals surface area contributed by atoms with E-state index < -0.39 is 0 Å². The second-order valence-corrected chi connectivity index (χ2v) is 4.65. The minimum absolute atomic E-state index is 0.335. The van der Waals surface area contributed by atoms with Crippen LogP contribution in [0.15, 0.2) is 0 Å². The van der Waals surface area contributed by atoms with Crippen LogP contribution in [0.3, 0.4) is 0 Å². The molecule has 0 amide bonds. The smallest absolute Gasteiger partial charge is 0.0124 e. The van der Waals surface area contributed by atoms with Crippen LogP contribution in [0.1, 0.15) is 40.0 Å². The van der Waals surface area contributed by atoms with Gasteiger partial charge in [-0.15, -0.1) is 0 Å². The molecular formula is C10H21N. The molecule has 0 aromatic rings. The second-order valence-electron chi connectivity index (χ2n) is 4.65. The molecule has 11 heavy (non-hydrogen) atoms. The Labute approximate surface area is 70.6 Å². The number of hydrogen-bond donors (Lipinski definition) is 1. The molecule has 0 aliphatic heterocycles. The van der Waals surface area contributed by atoms with Crippen LogP contribution in [0.25, 0.3) is 0 Å². The molecule has 0 aromatic heterocycles. The molecule has 1 atom stereocenters. The molecule has 0 heterocycles. The van der Waals surface area contributed by atoms with Gasteiger partial charge in [0.1, 0.15) is 0 Å². The highest BCUT2D eigenvalue weighted by Gasteiger charge is 2.31. The zero-order valence-corrected chi connectivity index (χ0v) is 8.28. The summed E-state index contributed by atoms with van der Waals surface area (Å²) in [7, 11) is 2.06. The molecular weight excluding hydrogens is 134 g/mol. The molecule has 66 valence electrons. The van der Waals surface area contributed by atoms with Gasteiger partial charge in [-0.05, 0) is 52.0 Å². The molecule has 1 N–H and O–H groups in total. The van der Waals surface area contributed by atoms with Crippen molar-refractivity contribution in [2.24, 2.45) is 11.8 Å². The Kier molecular flexibility index (Phi) is 2.58. The highest BCUT2D eigenvalue weighted by atomic mass is 14.9. The summed E-state index contributed by atoms with van der Waals surface area (Å²) in [6.45, 7) is 6.95. The zero-order chi connectivity index (χ0) is 8.48. The van der Waals surface area contributed by atoms with E-state index in [1.54, 1.807) is 0 Å². The Balaban J connectivity index is 2.27. The lowest BCUT2D eigenvalue weighted by Gasteiger charge is -2.27. The molecule has 1 nitrogen and oxygen atoms in total. The van der Waals surface area contributed by atoms with Crippen LogP contribution in [0.4, 0.5) is 0 Å². The van der Waals surface area contributed by atoms with Crippen molar-refractivity contribution in [2.45, 2.75) is 45.6 Å². The topological polar surface area (TPSA) is 12.0 Å². The maximum atomic E-state index is 3.35. The zero-order valence-electron chi connectivity index (χ0n) is 8.28. The first kappa shape index (κ1) is 9.05. The molecule has 1 aliphatic rings. The fourth-order valence-corrected chi connectivity index (χ4v) is 1.74. The van der Waals surface area contributed by atoms with Gasteiger partial charge in [-0.2, -0.15) is 0 Å². The fourth-order valence-electron chi connectivity index (χ4n) is 1.74. The second kappa shape index (κ2) is 3.14. The van der Waals surface area contributed by atoms with Crippen molar-refractivity contribution in [1.82, 2.24) is 5.32 Å². The maximum absolute atomic E-state index is 3.35. The highest BCUT2D eigenvalue weighted by molar-refractivity contribution is 4.85. The van der Waals surface area contributed by atoms with Gasteiger partial charge in [-0.1, -0.05) is 6.92 Å². The monoisotopic (exact) mass is 155 g/mol. The SMILES string of the molecule is CNC(C)(C)CC(C)C1CC1. The largest absolute Gasteiger partial charge is 0.315 e. The maximum Gasteiger partial charge on any atom is 0.0124 e. The third-order valence-electron chi connectivity index (χ3n) is 2.94. The summed E-state index contributed by atoms with van der Waals surface area (Å²) in [5.41, 5.74) is 0.335. The molecule has 0 spiro atoms. The van der Waals surface area contributed by atoms with Gasteiger partial charge >= 0.3 is 0 Å². The van der Waals surface area contributed by atoms with Crippen LogP contribution in [-0.4, -0.2) is 12.6 Å². The summed E-state index contributed by atoms with van der Waals surface area (Å²) < 4.78 is 0. The Hall–Kier alpha value is -0.0400. The molecule has 1 fully saturated rings. The summed E-state index contributed by atoms with van der Waals surface area (Å²) in [6, 6.07) is 0. The highest BCUT2D eigenvalue weighted by Crippen LogP contribution is 2.39. The van der Waals surface area contributed by atoms with Crippen molar-refractivity contribution in [2.75, 3.05) is 7.05 Å². The quantitative estimate of drug-likeness (QED) is 0.657. The van der Waals surface area contributed by atoms with Crippen molar-refractivity contribution in [3.05, 3.63) is 0 Å².